The summed E-state index contributed by atoms with van der Waals surface area (Å²) in [5.74, 6) is 0.200. The highest BCUT2D eigenvalue weighted by Crippen LogP contribution is 2.19. The van der Waals surface area contributed by atoms with Gasteiger partial charge >= 0.3 is 0 Å². The van der Waals surface area contributed by atoms with Crippen LogP contribution in [0.25, 0.3) is 0 Å². The number of benzene rings is 2. The maximum Gasteiger partial charge on any atom is 0.255 e. The van der Waals surface area contributed by atoms with E-state index < -0.39 is 0 Å². The van der Waals surface area contributed by atoms with Crippen LogP contribution in [0.3, 0.4) is 0 Å². The summed E-state index contributed by atoms with van der Waals surface area (Å²) in [5.41, 5.74) is 1.68. The van der Waals surface area contributed by atoms with Crippen molar-refractivity contribution in [1.82, 2.24) is 0 Å². The third kappa shape index (κ3) is 5.80. The maximum absolute atomic E-state index is 12.4. The highest BCUT2D eigenvalue weighted by Gasteiger charge is 2.16. The second kappa shape index (κ2) is 9.87. The lowest BCUT2D eigenvalue weighted by atomic mass is 10.2. The number of methoxy groups -OCH3 is 1. The average molecular weight is 384 g/mol. The van der Waals surface area contributed by atoms with Crippen LogP contribution in [0.5, 0.6) is 5.75 Å². The second-order valence-corrected chi connectivity index (χ2v) is 6.49. The van der Waals surface area contributed by atoms with Gasteiger partial charge in [0.1, 0.15) is 19.0 Å². The summed E-state index contributed by atoms with van der Waals surface area (Å²) in [6, 6.07) is 13.9. The van der Waals surface area contributed by atoms with Gasteiger partial charge in [0.05, 0.1) is 6.10 Å². The van der Waals surface area contributed by atoms with Crippen molar-refractivity contribution in [3.63, 3.8) is 0 Å². The third-order valence-electron chi connectivity index (χ3n) is 4.26. The second-order valence-electron chi connectivity index (χ2n) is 6.49. The molecule has 1 aliphatic rings. The molecule has 1 saturated heterocycles. The molecule has 7 nitrogen and oxygen atoms in total. The van der Waals surface area contributed by atoms with Gasteiger partial charge in [-0.25, -0.2) is 0 Å². The lowest BCUT2D eigenvalue weighted by Gasteiger charge is -2.12. The van der Waals surface area contributed by atoms with Gasteiger partial charge in [0.15, 0.2) is 0 Å². The van der Waals surface area contributed by atoms with Gasteiger partial charge < -0.3 is 24.8 Å². The van der Waals surface area contributed by atoms with Crippen LogP contribution in [-0.2, 0) is 14.3 Å². The Bertz CT molecular complexity index is 801. The van der Waals surface area contributed by atoms with Crippen LogP contribution in [-0.4, -0.2) is 44.8 Å². The maximum atomic E-state index is 12.4. The first-order valence-corrected chi connectivity index (χ1v) is 9.19. The Balaban J connectivity index is 1.54. The fourth-order valence-corrected chi connectivity index (χ4v) is 2.87. The molecular formula is C21H24N2O5. The number of ether oxygens (including phenoxy) is 3. The molecule has 1 unspecified atom stereocenters. The molecule has 3 rings (SSSR count). The van der Waals surface area contributed by atoms with E-state index in [1.807, 2.05) is 0 Å². The molecule has 1 aliphatic heterocycles. The van der Waals surface area contributed by atoms with Gasteiger partial charge in [-0.15, -0.1) is 0 Å². The summed E-state index contributed by atoms with van der Waals surface area (Å²) in [7, 11) is 1.45. The molecule has 2 amide bonds. The Kier molecular flexibility index (Phi) is 7.00. The Morgan fingerprint density at radius 1 is 1.11 bits per heavy atom. The van der Waals surface area contributed by atoms with Gasteiger partial charge in [-0.3, -0.25) is 9.59 Å². The highest BCUT2D eigenvalue weighted by molar-refractivity contribution is 6.04. The molecular weight excluding hydrogens is 360 g/mol. The molecule has 0 bridgehead atoms. The topological polar surface area (TPSA) is 85.9 Å². The number of amides is 2. The van der Waals surface area contributed by atoms with Crippen LogP contribution in [0.2, 0.25) is 0 Å². The molecule has 0 radical (unpaired) electrons. The Morgan fingerprint density at radius 3 is 2.54 bits per heavy atom. The molecule has 2 aromatic rings. The smallest absolute Gasteiger partial charge is 0.255 e. The lowest BCUT2D eigenvalue weighted by Crippen LogP contribution is -2.17. The van der Waals surface area contributed by atoms with E-state index in [9.17, 15) is 9.59 Å². The Hall–Kier alpha value is -2.90. The standard InChI is InChI=1S/C21H24N2O5/c1-26-14-20(24)22-16-4-2-5-17(12-16)23-21(25)15-7-9-18(10-8-15)28-13-19-6-3-11-27-19/h2,4-5,7-10,12,19H,3,6,11,13-14H2,1H3,(H,22,24)(H,23,25). The van der Waals surface area contributed by atoms with Crippen LogP contribution in [0, 0.1) is 0 Å². The van der Waals surface area contributed by atoms with E-state index in [2.05, 4.69) is 10.6 Å². The van der Waals surface area contributed by atoms with Crippen molar-refractivity contribution in [2.75, 3.05) is 37.6 Å². The summed E-state index contributed by atoms with van der Waals surface area (Å²) in [4.78, 5) is 24.0. The number of rotatable bonds is 8. The molecule has 28 heavy (non-hydrogen) atoms. The van der Waals surface area contributed by atoms with Crippen LogP contribution in [0.1, 0.15) is 23.2 Å². The summed E-state index contributed by atoms with van der Waals surface area (Å²) in [6.07, 6.45) is 2.25. The predicted molar refractivity (Wildman–Crippen MR) is 106 cm³/mol. The molecule has 148 valence electrons. The predicted octanol–water partition coefficient (Wildman–Crippen LogP) is 3.08. The van der Waals surface area contributed by atoms with Crippen LogP contribution in [0.15, 0.2) is 48.5 Å². The van der Waals surface area contributed by atoms with Gasteiger partial charge in [-0.05, 0) is 55.3 Å². The van der Waals surface area contributed by atoms with Gasteiger partial charge in [-0.1, -0.05) is 6.07 Å². The van der Waals surface area contributed by atoms with Gasteiger partial charge in [-0.2, -0.15) is 0 Å². The zero-order chi connectivity index (χ0) is 19.8. The van der Waals surface area contributed by atoms with Crippen molar-refractivity contribution in [2.45, 2.75) is 18.9 Å². The minimum atomic E-state index is -0.260. The van der Waals surface area contributed by atoms with Crippen molar-refractivity contribution in [3.05, 3.63) is 54.1 Å². The van der Waals surface area contributed by atoms with Gasteiger partial charge in [0, 0.05) is 30.7 Å². The van der Waals surface area contributed by atoms with Crippen LogP contribution in [0.4, 0.5) is 11.4 Å². The number of carbonyl (C=O) groups excluding carboxylic acids is 2. The molecule has 0 aliphatic carbocycles. The van der Waals surface area contributed by atoms with E-state index in [-0.39, 0.29) is 24.5 Å². The fourth-order valence-electron chi connectivity index (χ4n) is 2.87. The summed E-state index contributed by atoms with van der Waals surface area (Å²) in [5, 5.41) is 5.52. The molecule has 1 atom stereocenters. The average Bonchev–Trinajstić information content (AvgIpc) is 3.21. The largest absolute Gasteiger partial charge is 0.491 e. The fraction of sp³-hybridized carbons (Fsp3) is 0.333. The van der Waals surface area contributed by atoms with E-state index in [0.717, 1.165) is 19.4 Å². The SMILES string of the molecule is COCC(=O)Nc1cccc(NC(=O)c2ccc(OCC3CCCO3)cc2)c1. The normalized spacial score (nSPS) is 15.8. The molecule has 2 aromatic carbocycles. The van der Waals surface area contributed by atoms with Crippen molar-refractivity contribution in [3.8, 4) is 5.75 Å². The third-order valence-corrected chi connectivity index (χ3v) is 4.26. The molecule has 2 N–H and O–H groups in total. The number of hydrogen-bond acceptors (Lipinski definition) is 5. The number of hydrogen-bond donors (Lipinski definition) is 2. The zero-order valence-electron chi connectivity index (χ0n) is 15.8. The molecule has 0 spiro atoms. The summed E-state index contributed by atoms with van der Waals surface area (Å²) in [6.45, 7) is 1.29. The molecule has 0 saturated carbocycles. The van der Waals surface area contributed by atoms with E-state index in [1.54, 1.807) is 48.5 Å². The van der Waals surface area contributed by atoms with Gasteiger partial charge in [0.25, 0.3) is 5.91 Å². The van der Waals surface area contributed by atoms with Crippen molar-refractivity contribution >= 4 is 23.2 Å². The molecule has 7 heteroatoms. The minimum Gasteiger partial charge on any atom is -0.491 e. The van der Waals surface area contributed by atoms with E-state index in [1.165, 1.54) is 7.11 Å². The number of anilines is 2. The summed E-state index contributed by atoms with van der Waals surface area (Å²) < 4.78 is 16.0. The van der Waals surface area contributed by atoms with E-state index in [4.69, 9.17) is 14.2 Å². The monoisotopic (exact) mass is 384 g/mol. The van der Waals surface area contributed by atoms with Crippen LogP contribution >= 0.6 is 0 Å². The lowest BCUT2D eigenvalue weighted by molar-refractivity contribution is -0.119. The van der Waals surface area contributed by atoms with E-state index in [0.29, 0.717) is 29.3 Å². The quantitative estimate of drug-likeness (QED) is 0.731. The van der Waals surface area contributed by atoms with Crippen molar-refractivity contribution < 1.29 is 23.8 Å². The summed E-state index contributed by atoms with van der Waals surface area (Å²) >= 11 is 0. The van der Waals surface area contributed by atoms with Crippen LogP contribution < -0.4 is 15.4 Å². The minimum absolute atomic E-state index is 0.0299. The molecule has 1 fully saturated rings. The van der Waals surface area contributed by atoms with Gasteiger partial charge in [0.2, 0.25) is 5.91 Å². The first kappa shape index (κ1) is 19.9. The number of nitrogens with one attached hydrogen (secondary N) is 2. The molecule has 0 aromatic heterocycles. The van der Waals surface area contributed by atoms with Crippen molar-refractivity contribution in [2.24, 2.45) is 0 Å². The van der Waals surface area contributed by atoms with Crippen molar-refractivity contribution in [1.29, 1.82) is 0 Å². The molecule has 1 heterocycles. The first-order chi connectivity index (χ1) is 13.6. The first-order valence-electron chi connectivity index (χ1n) is 9.19. The Morgan fingerprint density at radius 2 is 1.86 bits per heavy atom. The van der Waals surface area contributed by atoms with E-state index >= 15 is 0 Å². The number of carbonyl (C=O) groups is 2. The highest BCUT2D eigenvalue weighted by atomic mass is 16.5. The zero-order valence-corrected chi connectivity index (χ0v) is 15.8. The Labute approximate surface area is 164 Å².